The lowest BCUT2D eigenvalue weighted by Gasteiger charge is -2.05. The van der Waals surface area contributed by atoms with Crippen molar-refractivity contribution in [2.45, 2.75) is 6.61 Å². The van der Waals surface area contributed by atoms with E-state index < -0.39 is 18.2 Å². The summed E-state index contributed by atoms with van der Waals surface area (Å²) >= 11 is 2.77. The molecule has 12 heavy (non-hydrogen) atoms. The molecule has 0 saturated carbocycles. The number of aliphatic hydroxyl groups is 1. The van der Waals surface area contributed by atoms with Gasteiger partial charge in [0.2, 0.25) is 0 Å². The number of hydrogen-bond donors (Lipinski definition) is 3. The van der Waals surface area contributed by atoms with E-state index in [0.29, 0.717) is 0 Å². The molecule has 1 aromatic rings. The van der Waals surface area contributed by atoms with Gasteiger partial charge in [0, 0.05) is 5.56 Å². The Labute approximate surface area is 76.2 Å². The Bertz CT molecular complexity index is 314. The van der Waals surface area contributed by atoms with Gasteiger partial charge in [0.05, 0.1) is 6.61 Å². The van der Waals surface area contributed by atoms with Crippen molar-refractivity contribution in [2.75, 3.05) is 0 Å². The topological polar surface area (TPSA) is 60.7 Å². The number of hydrogen-bond acceptors (Lipinski definition) is 3. The first-order valence-corrected chi connectivity index (χ1v) is 3.87. The largest absolute Gasteiger partial charge is 0.506 e. The molecule has 0 heterocycles. The van der Waals surface area contributed by atoms with Crippen LogP contribution < -0.4 is 0 Å². The molecule has 0 fully saturated rings. The molecule has 3 N–H and O–H groups in total. The molecule has 0 spiro atoms. The zero-order valence-corrected chi connectivity index (χ0v) is 7.47. The molecule has 5 heteroatoms. The molecule has 0 aliphatic carbocycles. The normalized spacial score (nSPS) is 10.2. The van der Waals surface area contributed by atoms with E-state index in [9.17, 15) is 4.39 Å². The monoisotopic (exact) mass is 236 g/mol. The summed E-state index contributed by atoms with van der Waals surface area (Å²) in [5, 5.41) is 26.7. The van der Waals surface area contributed by atoms with Gasteiger partial charge in [-0.3, -0.25) is 0 Å². The van der Waals surface area contributed by atoms with Crippen LogP contribution in [0.4, 0.5) is 4.39 Å². The third kappa shape index (κ3) is 1.37. The highest BCUT2D eigenvalue weighted by Gasteiger charge is 2.14. The second-order valence-corrected chi connectivity index (χ2v) is 2.98. The van der Waals surface area contributed by atoms with Crippen LogP contribution in [0.3, 0.4) is 0 Å². The molecule has 0 aliphatic rings. The molecule has 66 valence electrons. The number of halogens is 2. The lowest BCUT2D eigenvalue weighted by Crippen LogP contribution is -1.88. The molecule has 0 saturated heterocycles. The Kier molecular flexibility index (Phi) is 2.54. The third-order valence-corrected chi connectivity index (χ3v) is 2.17. The van der Waals surface area contributed by atoms with Gasteiger partial charge in [0.25, 0.3) is 0 Å². The predicted octanol–water partition coefficient (Wildman–Crippen LogP) is 1.49. The van der Waals surface area contributed by atoms with Gasteiger partial charge in [-0.15, -0.1) is 0 Å². The maximum Gasteiger partial charge on any atom is 0.169 e. The van der Waals surface area contributed by atoms with Crippen molar-refractivity contribution in [1.82, 2.24) is 0 Å². The first-order valence-electron chi connectivity index (χ1n) is 3.07. The fraction of sp³-hybridized carbons (Fsp3) is 0.143. The fourth-order valence-corrected chi connectivity index (χ4v) is 1.21. The Morgan fingerprint density at radius 1 is 1.33 bits per heavy atom. The molecule has 0 amide bonds. The van der Waals surface area contributed by atoms with Crippen molar-refractivity contribution >= 4 is 15.9 Å². The van der Waals surface area contributed by atoms with E-state index in [1.807, 2.05) is 0 Å². The summed E-state index contributed by atoms with van der Waals surface area (Å²) in [6, 6.07) is 0.870. The molecular formula is C7H6BrFO3. The van der Waals surface area contributed by atoms with Gasteiger partial charge in [0.1, 0.15) is 10.2 Å². The zero-order chi connectivity index (χ0) is 9.30. The summed E-state index contributed by atoms with van der Waals surface area (Å²) < 4.78 is 12.6. The molecule has 0 atom stereocenters. The summed E-state index contributed by atoms with van der Waals surface area (Å²) in [5.41, 5.74) is 0.0252. The Balaban J connectivity index is 3.39. The smallest absolute Gasteiger partial charge is 0.169 e. The van der Waals surface area contributed by atoms with Crippen LogP contribution in [0.15, 0.2) is 10.5 Å². The van der Waals surface area contributed by atoms with Gasteiger partial charge >= 0.3 is 0 Å². The van der Waals surface area contributed by atoms with Crippen LogP contribution in [0.1, 0.15) is 5.56 Å². The first-order chi connectivity index (χ1) is 5.57. The second kappa shape index (κ2) is 3.28. The number of aliphatic hydroxyl groups excluding tert-OH is 1. The second-order valence-electron chi connectivity index (χ2n) is 2.19. The van der Waals surface area contributed by atoms with E-state index >= 15 is 0 Å². The summed E-state index contributed by atoms with van der Waals surface area (Å²) in [4.78, 5) is 0. The van der Waals surface area contributed by atoms with Crippen LogP contribution in [0.25, 0.3) is 0 Å². The van der Waals surface area contributed by atoms with Gasteiger partial charge in [0.15, 0.2) is 11.6 Å². The van der Waals surface area contributed by atoms with E-state index in [1.54, 1.807) is 0 Å². The number of phenols is 2. The van der Waals surface area contributed by atoms with Crippen molar-refractivity contribution in [3.8, 4) is 11.5 Å². The lowest BCUT2D eigenvalue weighted by molar-refractivity contribution is 0.273. The highest BCUT2D eigenvalue weighted by molar-refractivity contribution is 9.10. The summed E-state index contributed by atoms with van der Waals surface area (Å²) in [6.07, 6.45) is 0. The summed E-state index contributed by atoms with van der Waals surface area (Å²) in [7, 11) is 0. The van der Waals surface area contributed by atoms with Crippen molar-refractivity contribution in [1.29, 1.82) is 0 Å². The average Bonchev–Trinajstić information content (AvgIpc) is 2.08. The van der Waals surface area contributed by atoms with Crippen LogP contribution in [0.5, 0.6) is 11.5 Å². The fourth-order valence-electron chi connectivity index (χ4n) is 0.768. The molecule has 0 bridgehead atoms. The number of benzene rings is 1. The van der Waals surface area contributed by atoms with E-state index in [-0.39, 0.29) is 15.8 Å². The van der Waals surface area contributed by atoms with Crippen molar-refractivity contribution < 1.29 is 19.7 Å². The minimum absolute atomic E-state index is 0.0252. The Hall–Kier alpha value is -0.810. The first kappa shape index (κ1) is 9.28. The number of rotatable bonds is 1. The highest BCUT2D eigenvalue weighted by atomic mass is 79.9. The van der Waals surface area contributed by atoms with Gasteiger partial charge in [-0.25, -0.2) is 4.39 Å². The number of phenolic OH excluding ortho intramolecular Hbond substituents is 1. The van der Waals surface area contributed by atoms with Crippen LogP contribution in [-0.4, -0.2) is 15.3 Å². The maximum absolute atomic E-state index is 12.7. The van der Waals surface area contributed by atoms with Gasteiger partial charge < -0.3 is 15.3 Å². The van der Waals surface area contributed by atoms with Gasteiger partial charge in [-0.1, -0.05) is 0 Å². The molecule has 3 nitrogen and oxygen atoms in total. The lowest BCUT2D eigenvalue weighted by atomic mass is 10.2. The molecule has 1 rings (SSSR count). The zero-order valence-electron chi connectivity index (χ0n) is 5.88. The third-order valence-electron chi connectivity index (χ3n) is 1.42. The van der Waals surface area contributed by atoms with Gasteiger partial charge in [-0.2, -0.15) is 0 Å². The van der Waals surface area contributed by atoms with Crippen LogP contribution in [-0.2, 0) is 6.61 Å². The van der Waals surface area contributed by atoms with Crippen LogP contribution in [0.2, 0.25) is 0 Å². The minimum atomic E-state index is -0.885. The number of aromatic hydroxyl groups is 2. The van der Waals surface area contributed by atoms with Crippen LogP contribution >= 0.6 is 15.9 Å². The SMILES string of the molecule is OCc1cc(F)c(O)c(Br)c1O. The predicted molar refractivity (Wildman–Crippen MR) is 43.4 cm³/mol. The van der Waals surface area contributed by atoms with Crippen molar-refractivity contribution in [3.05, 3.63) is 21.9 Å². The molecule has 0 aromatic heterocycles. The molecule has 0 radical (unpaired) electrons. The molecular weight excluding hydrogens is 231 g/mol. The summed E-state index contributed by atoms with van der Waals surface area (Å²) in [5.74, 6) is -1.90. The summed E-state index contributed by atoms with van der Waals surface area (Å²) in [6.45, 7) is -0.484. The average molecular weight is 237 g/mol. The quantitative estimate of drug-likeness (QED) is 0.693. The van der Waals surface area contributed by atoms with Crippen LogP contribution in [0, 0.1) is 5.82 Å². The molecule has 0 unspecified atom stereocenters. The molecule has 1 aromatic carbocycles. The highest BCUT2D eigenvalue weighted by Crippen LogP contribution is 2.37. The maximum atomic E-state index is 12.7. The standard InChI is InChI=1S/C7H6BrFO3/c8-5-6(11)3(2-10)1-4(9)7(5)12/h1,10-12H,2H2. The van der Waals surface area contributed by atoms with E-state index in [1.165, 1.54) is 0 Å². The van der Waals surface area contributed by atoms with E-state index in [0.717, 1.165) is 6.07 Å². The Morgan fingerprint density at radius 2 is 1.92 bits per heavy atom. The van der Waals surface area contributed by atoms with E-state index in [4.69, 9.17) is 15.3 Å². The van der Waals surface area contributed by atoms with Crippen molar-refractivity contribution in [2.24, 2.45) is 0 Å². The van der Waals surface area contributed by atoms with Crippen molar-refractivity contribution in [3.63, 3.8) is 0 Å². The minimum Gasteiger partial charge on any atom is -0.506 e. The van der Waals surface area contributed by atoms with Gasteiger partial charge in [-0.05, 0) is 22.0 Å². The van der Waals surface area contributed by atoms with E-state index in [2.05, 4.69) is 15.9 Å². The molecule has 0 aliphatic heterocycles. The Morgan fingerprint density at radius 3 is 2.42 bits per heavy atom.